The van der Waals surface area contributed by atoms with E-state index in [0.29, 0.717) is 28.9 Å². The Kier molecular flexibility index (Phi) is 5.48. The zero-order valence-corrected chi connectivity index (χ0v) is 17.7. The molecule has 4 rings (SSSR count). The molecule has 0 aliphatic heterocycles. The van der Waals surface area contributed by atoms with Crippen molar-refractivity contribution in [3.8, 4) is 0 Å². The first kappa shape index (κ1) is 21.0. The lowest BCUT2D eigenvalue weighted by Gasteiger charge is -2.22. The lowest BCUT2D eigenvalue weighted by molar-refractivity contribution is -0.00177. The predicted octanol–water partition coefficient (Wildman–Crippen LogP) is 2.59. The van der Waals surface area contributed by atoms with Gasteiger partial charge in [-0.05, 0) is 45.7 Å². The average Bonchev–Trinajstić information content (AvgIpc) is 3.43. The number of halogens is 1. The number of hydrogen-bond acceptors (Lipinski definition) is 7. The van der Waals surface area contributed by atoms with Crippen LogP contribution in [0.3, 0.4) is 0 Å². The molecule has 0 spiro atoms. The lowest BCUT2D eigenvalue weighted by Crippen LogP contribution is -2.42. The molecule has 31 heavy (non-hydrogen) atoms. The summed E-state index contributed by atoms with van der Waals surface area (Å²) in [5.74, 6) is 0.642. The normalized spacial score (nSPS) is 15.0. The van der Waals surface area contributed by atoms with Crippen molar-refractivity contribution in [2.24, 2.45) is 0 Å². The number of amides is 1. The Morgan fingerprint density at radius 3 is 2.84 bits per heavy atom. The summed E-state index contributed by atoms with van der Waals surface area (Å²) in [5.41, 5.74) is 1.01. The Labute approximate surface area is 179 Å². The summed E-state index contributed by atoms with van der Waals surface area (Å²) >= 11 is 0. The van der Waals surface area contributed by atoms with Crippen molar-refractivity contribution in [1.29, 1.82) is 0 Å². The molecule has 0 saturated heterocycles. The number of fused-ring (bicyclic) bond motifs is 1. The Morgan fingerprint density at radius 2 is 2.13 bits per heavy atom. The van der Waals surface area contributed by atoms with Crippen molar-refractivity contribution >= 4 is 28.9 Å². The Morgan fingerprint density at radius 1 is 1.35 bits per heavy atom. The molecule has 1 aliphatic carbocycles. The zero-order chi connectivity index (χ0) is 22.2. The van der Waals surface area contributed by atoms with E-state index in [4.69, 9.17) is 0 Å². The van der Waals surface area contributed by atoms with E-state index in [1.807, 2.05) is 19.2 Å². The highest BCUT2D eigenvalue weighted by atomic mass is 19.1. The third-order valence-electron chi connectivity index (χ3n) is 4.99. The molecular weight excluding hydrogens is 401 g/mol. The van der Waals surface area contributed by atoms with E-state index in [1.54, 1.807) is 16.6 Å². The molecule has 1 atom stereocenters. The number of alkyl halides is 1. The first-order chi connectivity index (χ1) is 14.7. The molecule has 3 aromatic rings. The minimum Gasteiger partial charge on any atom is -0.387 e. The summed E-state index contributed by atoms with van der Waals surface area (Å²) in [7, 11) is 0. The Balaban J connectivity index is 1.52. The van der Waals surface area contributed by atoms with Crippen molar-refractivity contribution in [2.75, 3.05) is 17.2 Å². The smallest absolute Gasteiger partial charge is 0.255 e. The summed E-state index contributed by atoms with van der Waals surface area (Å²) < 4.78 is 15.7. The largest absolute Gasteiger partial charge is 0.387 e. The second-order valence-electron chi connectivity index (χ2n) is 8.39. The second-order valence-corrected chi connectivity index (χ2v) is 8.39. The number of aryl methyl sites for hydroxylation is 1. The Hall–Kier alpha value is -3.27. The monoisotopic (exact) mass is 427 g/mol. The minimum absolute atomic E-state index is 0.292. The second kappa shape index (κ2) is 8.10. The maximum atomic E-state index is 14.0. The number of imidazole rings is 1. The number of anilines is 3. The van der Waals surface area contributed by atoms with Gasteiger partial charge in [0.15, 0.2) is 11.5 Å². The number of rotatable bonds is 8. The van der Waals surface area contributed by atoms with Crippen LogP contribution in [0.15, 0.2) is 30.6 Å². The van der Waals surface area contributed by atoms with Crippen molar-refractivity contribution in [3.63, 3.8) is 0 Å². The van der Waals surface area contributed by atoms with Crippen LogP contribution in [0, 0.1) is 6.92 Å². The fraction of sp³-hybridized carbons (Fsp3) is 0.429. The number of carbonyl (C=O) groups excluding carboxylic acids is 1. The summed E-state index contributed by atoms with van der Waals surface area (Å²) in [6.45, 7) is 4.33. The van der Waals surface area contributed by atoms with Crippen LogP contribution >= 0.6 is 0 Å². The molecule has 0 radical (unpaired) electrons. The molecule has 164 valence electrons. The van der Waals surface area contributed by atoms with Gasteiger partial charge in [-0.1, -0.05) is 0 Å². The molecule has 1 fully saturated rings. The van der Waals surface area contributed by atoms with Gasteiger partial charge in [-0.2, -0.15) is 0 Å². The van der Waals surface area contributed by atoms with Gasteiger partial charge in [0.25, 0.3) is 5.91 Å². The molecule has 3 heterocycles. The maximum Gasteiger partial charge on any atom is 0.255 e. The van der Waals surface area contributed by atoms with E-state index in [9.17, 15) is 14.3 Å². The zero-order valence-electron chi connectivity index (χ0n) is 17.7. The van der Waals surface area contributed by atoms with Crippen LogP contribution in [0.25, 0.3) is 5.65 Å². The minimum atomic E-state index is -1.59. The molecule has 1 aliphatic rings. The molecule has 3 aromatic heterocycles. The highest BCUT2D eigenvalue weighted by Gasteiger charge is 2.28. The number of aromatic nitrogens is 4. The van der Waals surface area contributed by atoms with Crippen LogP contribution in [0.1, 0.15) is 42.7 Å². The molecule has 1 saturated carbocycles. The summed E-state index contributed by atoms with van der Waals surface area (Å²) in [6, 6.07) is 5.69. The van der Waals surface area contributed by atoms with Gasteiger partial charge in [-0.3, -0.25) is 4.79 Å². The van der Waals surface area contributed by atoms with Crippen LogP contribution in [-0.2, 0) is 0 Å². The third-order valence-corrected chi connectivity index (χ3v) is 4.99. The predicted molar refractivity (Wildman–Crippen MR) is 115 cm³/mol. The SMILES string of the molecule is Cc1cn2nc(Nc3cc(NC4CC4)c(C(=O)NCC(F)C(C)(C)O)cn3)ccc2n1. The fourth-order valence-electron chi connectivity index (χ4n) is 3.00. The van der Waals surface area contributed by atoms with Gasteiger partial charge in [-0.25, -0.2) is 18.9 Å². The van der Waals surface area contributed by atoms with Gasteiger partial charge in [0.2, 0.25) is 0 Å². The summed E-state index contributed by atoms with van der Waals surface area (Å²) in [5, 5.41) is 23.2. The van der Waals surface area contributed by atoms with Crippen molar-refractivity contribution in [2.45, 2.75) is 51.4 Å². The van der Waals surface area contributed by atoms with Gasteiger partial charge >= 0.3 is 0 Å². The third kappa shape index (κ3) is 5.08. The highest BCUT2D eigenvalue weighted by Crippen LogP contribution is 2.28. The molecule has 0 bridgehead atoms. The van der Waals surface area contributed by atoms with Gasteiger partial charge in [0.1, 0.15) is 12.0 Å². The summed E-state index contributed by atoms with van der Waals surface area (Å²) in [6.07, 6.45) is 3.73. The Bertz CT molecular complexity index is 1100. The van der Waals surface area contributed by atoms with Crippen LogP contribution in [0.4, 0.5) is 21.7 Å². The standard InChI is InChI=1S/C21H26FN7O2/c1-12-11-29-19(25-12)7-6-17(28-29)27-18-8-15(26-13-4-5-13)14(9-23-18)20(30)24-10-16(22)21(2,3)31/h6-9,11,13,16,31H,4-5,10H2,1-3H3,(H,24,30)(H2,23,26,27,28). The number of nitrogens with one attached hydrogen (secondary N) is 3. The van der Waals surface area contributed by atoms with Crippen molar-refractivity contribution in [3.05, 3.63) is 41.9 Å². The molecule has 1 amide bonds. The maximum absolute atomic E-state index is 14.0. The van der Waals surface area contributed by atoms with Gasteiger partial charge in [-0.15, -0.1) is 5.10 Å². The first-order valence-electron chi connectivity index (χ1n) is 10.2. The lowest BCUT2D eigenvalue weighted by atomic mass is 10.0. The van der Waals surface area contributed by atoms with E-state index < -0.39 is 17.7 Å². The van der Waals surface area contributed by atoms with E-state index in [0.717, 1.165) is 24.2 Å². The number of nitrogens with zero attached hydrogens (tertiary/aromatic N) is 4. The number of carbonyl (C=O) groups is 1. The summed E-state index contributed by atoms with van der Waals surface area (Å²) in [4.78, 5) is 21.3. The van der Waals surface area contributed by atoms with Gasteiger partial charge in [0, 0.05) is 18.3 Å². The number of aliphatic hydroxyl groups is 1. The molecule has 4 N–H and O–H groups in total. The van der Waals surface area contributed by atoms with Crippen molar-refractivity contribution < 1.29 is 14.3 Å². The first-order valence-corrected chi connectivity index (χ1v) is 10.2. The average molecular weight is 427 g/mol. The van der Waals surface area contributed by atoms with E-state index in [-0.39, 0.29) is 6.54 Å². The van der Waals surface area contributed by atoms with Crippen LogP contribution in [0.5, 0.6) is 0 Å². The molecule has 1 unspecified atom stereocenters. The number of hydrogen-bond donors (Lipinski definition) is 4. The van der Waals surface area contributed by atoms with Crippen LogP contribution in [-0.4, -0.2) is 55.0 Å². The van der Waals surface area contributed by atoms with Gasteiger partial charge in [0.05, 0.1) is 35.3 Å². The van der Waals surface area contributed by atoms with Crippen molar-refractivity contribution in [1.82, 2.24) is 24.9 Å². The van der Waals surface area contributed by atoms with Gasteiger partial charge < -0.3 is 21.1 Å². The van der Waals surface area contributed by atoms with E-state index in [1.165, 1.54) is 20.0 Å². The molecule has 9 nitrogen and oxygen atoms in total. The number of pyridine rings is 1. The van der Waals surface area contributed by atoms with E-state index in [2.05, 4.69) is 31.0 Å². The highest BCUT2D eigenvalue weighted by molar-refractivity contribution is 6.00. The van der Waals surface area contributed by atoms with Crippen LogP contribution < -0.4 is 16.0 Å². The van der Waals surface area contributed by atoms with Crippen LogP contribution in [0.2, 0.25) is 0 Å². The quantitative estimate of drug-likeness (QED) is 0.437. The molecule has 10 heteroatoms. The molecule has 0 aromatic carbocycles. The fourth-order valence-corrected chi connectivity index (χ4v) is 3.00. The topological polar surface area (TPSA) is 116 Å². The van der Waals surface area contributed by atoms with E-state index >= 15 is 0 Å². The molecular formula is C21H26FN7O2.